The van der Waals surface area contributed by atoms with Crippen molar-refractivity contribution in [3.05, 3.63) is 33.3 Å². The van der Waals surface area contributed by atoms with Crippen molar-refractivity contribution >= 4 is 29.1 Å². The Morgan fingerprint density at radius 1 is 1.40 bits per heavy atom. The molecule has 1 aromatic rings. The summed E-state index contributed by atoms with van der Waals surface area (Å²) in [5.41, 5.74) is 0.146. The molecule has 1 saturated carbocycles. The van der Waals surface area contributed by atoms with Gasteiger partial charge in [-0.05, 0) is 58.1 Å². The SMILES string of the molecule is CC(C)(C)OC(=O)N[C@@H]1CC[C@H](CNc2ccc([N+](=O)[O-])c(Cl)c2)C1. The number of alkyl carbamates (subject to hydrolysis) is 1. The number of nitro groups is 1. The zero-order chi connectivity index (χ0) is 18.6. The number of benzene rings is 1. The van der Waals surface area contributed by atoms with Crippen molar-refractivity contribution in [3.63, 3.8) is 0 Å². The number of nitrogens with one attached hydrogen (secondary N) is 2. The molecule has 138 valence electrons. The molecular formula is C17H24ClN3O4. The molecule has 8 heteroatoms. The molecule has 0 aliphatic heterocycles. The van der Waals surface area contributed by atoms with Gasteiger partial charge in [-0.1, -0.05) is 11.6 Å². The Kier molecular flexibility index (Phi) is 6.11. The van der Waals surface area contributed by atoms with Crippen LogP contribution in [-0.2, 0) is 4.74 Å². The van der Waals surface area contributed by atoms with Crippen LogP contribution in [0.25, 0.3) is 0 Å². The number of amides is 1. The average molecular weight is 370 g/mol. The zero-order valence-electron chi connectivity index (χ0n) is 14.7. The Hall–Kier alpha value is -2.02. The van der Waals surface area contributed by atoms with Crippen molar-refractivity contribution in [3.8, 4) is 0 Å². The minimum Gasteiger partial charge on any atom is -0.444 e. The summed E-state index contributed by atoms with van der Waals surface area (Å²) in [6.07, 6.45) is 2.39. The topological polar surface area (TPSA) is 93.5 Å². The van der Waals surface area contributed by atoms with Crippen LogP contribution in [0.4, 0.5) is 16.2 Å². The number of carbonyl (C=O) groups excluding carboxylic acids is 1. The summed E-state index contributed by atoms with van der Waals surface area (Å²) >= 11 is 5.91. The van der Waals surface area contributed by atoms with Gasteiger partial charge in [-0.15, -0.1) is 0 Å². The molecule has 0 unspecified atom stereocenters. The molecule has 7 nitrogen and oxygen atoms in total. The summed E-state index contributed by atoms with van der Waals surface area (Å²) in [5.74, 6) is 0.411. The van der Waals surface area contributed by atoms with E-state index in [1.807, 2.05) is 20.8 Å². The molecular weight excluding hydrogens is 346 g/mol. The molecule has 1 aromatic carbocycles. The third kappa shape index (κ3) is 6.08. The van der Waals surface area contributed by atoms with E-state index in [0.29, 0.717) is 5.92 Å². The summed E-state index contributed by atoms with van der Waals surface area (Å²) in [4.78, 5) is 22.1. The van der Waals surface area contributed by atoms with E-state index >= 15 is 0 Å². The fraction of sp³-hybridized carbons (Fsp3) is 0.588. The summed E-state index contributed by atoms with van der Waals surface area (Å²) in [6, 6.07) is 4.72. The van der Waals surface area contributed by atoms with Gasteiger partial charge in [0, 0.05) is 24.3 Å². The lowest BCUT2D eigenvalue weighted by Gasteiger charge is -2.21. The predicted octanol–water partition coefficient (Wildman–Crippen LogP) is 4.35. The second kappa shape index (κ2) is 7.91. The number of anilines is 1. The van der Waals surface area contributed by atoms with Crippen LogP contribution in [0.5, 0.6) is 0 Å². The second-order valence-electron chi connectivity index (χ2n) is 7.33. The summed E-state index contributed by atoms with van der Waals surface area (Å²) < 4.78 is 5.27. The molecule has 0 radical (unpaired) electrons. The first-order chi connectivity index (χ1) is 11.6. The van der Waals surface area contributed by atoms with Crippen LogP contribution in [0.3, 0.4) is 0 Å². The van der Waals surface area contributed by atoms with Gasteiger partial charge in [0.2, 0.25) is 0 Å². The molecule has 2 rings (SSSR count). The van der Waals surface area contributed by atoms with Crippen LogP contribution >= 0.6 is 11.6 Å². The van der Waals surface area contributed by atoms with Crippen LogP contribution in [0, 0.1) is 16.0 Å². The lowest BCUT2D eigenvalue weighted by atomic mass is 10.1. The predicted molar refractivity (Wildman–Crippen MR) is 97.1 cm³/mol. The number of ether oxygens (including phenoxy) is 1. The van der Waals surface area contributed by atoms with Crippen LogP contribution in [0.15, 0.2) is 18.2 Å². The molecule has 0 aromatic heterocycles. The lowest BCUT2D eigenvalue weighted by Crippen LogP contribution is -2.38. The summed E-state index contributed by atoms with van der Waals surface area (Å²) in [6.45, 7) is 6.23. The first-order valence-electron chi connectivity index (χ1n) is 8.31. The van der Waals surface area contributed by atoms with Crippen molar-refractivity contribution in [2.75, 3.05) is 11.9 Å². The minimum atomic E-state index is -0.504. The van der Waals surface area contributed by atoms with E-state index in [1.54, 1.807) is 12.1 Å². The molecule has 1 fully saturated rings. The molecule has 0 saturated heterocycles. The van der Waals surface area contributed by atoms with E-state index in [2.05, 4.69) is 10.6 Å². The maximum absolute atomic E-state index is 11.8. The number of rotatable bonds is 5. The van der Waals surface area contributed by atoms with E-state index in [4.69, 9.17) is 16.3 Å². The minimum absolute atomic E-state index is 0.102. The van der Waals surface area contributed by atoms with E-state index in [0.717, 1.165) is 31.5 Å². The Labute approximate surface area is 152 Å². The van der Waals surface area contributed by atoms with Crippen molar-refractivity contribution in [1.82, 2.24) is 5.32 Å². The highest BCUT2D eigenvalue weighted by Gasteiger charge is 2.27. The molecule has 25 heavy (non-hydrogen) atoms. The monoisotopic (exact) mass is 369 g/mol. The standard InChI is InChI=1S/C17H24ClN3O4/c1-17(2,3)25-16(22)20-13-5-4-11(8-13)10-19-12-6-7-15(21(23)24)14(18)9-12/h6-7,9,11,13,19H,4-5,8,10H2,1-3H3,(H,20,22)/t11-,13+/m0/s1. The highest BCUT2D eigenvalue weighted by atomic mass is 35.5. The van der Waals surface area contributed by atoms with Crippen molar-refractivity contribution in [2.24, 2.45) is 5.92 Å². The molecule has 1 amide bonds. The third-order valence-electron chi connectivity index (χ3n) is 4.00. The largest absolute Gasteiger partial charge is 0.444 e. The molecule has 0 spiro atoms. The maximum Gasteiger partial charge on any atom is 0.407 e. The van der Waals surface area contributed by atoms with Gasteiger partial charge < -0.3 is 15.4 Å². The summed E-state index contributed by atoms with van der Waals surface area (Å²) in [7, 11) is 0. The van der Waals surface area contributed by atoms with Crippen molar-refractivity contribution in [1.29, 1.82) is 0 Å². The van der Waals surface area contributed by atoms with E-state index in [9.17, 15) is 14.9 Å². The molecule has 0 heterocycles. The molecule has 1 aliphatic carbocycles. The van der Waals surface area contributed by atoms with Crippen molar-refractivity contribution < 1.29 is 14.5 Å². The lowest BCUT2D eigenvalue weighted by molar-refractivity contribution is -0.384. The van der Waals surface area contributed by atoms with E-state index in [1.165, 1.54) is 6.07 Å². The van der Waals surface area contributed by atoms with E-state index in [-0.39, 0.29) is 22.8 Å². The molecule has 2 N–H and O–H groups in total. The fourth-order valence-electron chi connectivity index (χ4n) is 2.89. The van der Waals surface area contributed by atoms with Crippen LogP contribution in [-0.4, -0.2) is 29.2 Å². The maximum atomic E-state index is 11.8. The normalized spacial score (nSPS) is 20.2. The highest BCUT2D eigenvalue weighted by molar-refractivity contribution is 6.32. The smallest absolute Gasteiger partial charge is 0.407 e. The Morgan fingerprint density at radius 2 is 2.12 bits per heavy atom. The van der Waals surface area contributed by atoms with Crippen LogP contribution in [0.2, 0.25) is 5.02 Å². The molecule has 1 aliphatic rings. The molecule has 0 bridgehead atoms. The number of nitrogens with zero attached hydrogens (tertiary/aromatic N) is 1. The first-order valence-corrected chi connectivity index (χ1v) is 8.69. The van der Waals surface area contributed by atoms with Gasteiger partial charge in [-0.2, -0.15) is 0 Å². The zero-order valence-corrected chi connectivity index (χ0v) is 15.4. The fourth-order valence-corrected chi connectivity index (χ4v) is 3.14. The number of hydrogen-bond donors (Lipinski definition) is 2. The first kappa shape index (κ1) is 19.3. The van der Waals surface area contributed by atoms with Gasteiger partial charge in [0.1, 0.15) is 10.6 Å². The van der Waals surface area contributed by atoms with Gasteiger partial charge >= 0.3 is 6.09 Å². The van der Waals surface area contributed by atoms with E-state index < -0.39 is 10.5 Å². The van der Waals surface area contributed by atoms with Gasteiger partial charge in [-0.25, -0.2) is 4.79 Å². The number of carbonyl (C=O) groups is 1. The Morgan fingerprint density at radius 3 is 2.72 bits per heavy atom. The number of halogens is 1. The Bertz CT molecular complexity index is 645. The van der Waals surface area contributed by atoms with Crippen molar-refractivity contribution in [2.45, 2.75) is 51.7 Å². The highest BCUT2D eigenvalue weighted by Crippen LogP contribution is 2.29. The Balaban J connectivity index is 1.79. The summed E-state index contributed by atoms with van der Waals surface area (Å²) in [5, 5.41) is 17.0. The molecule has 2 atom stereocenters. The van der Waals surface area contributed by atoms with Gasteiger partial charge in [0.25, 0.3) is 5.69 Å². The number of hydrogen-bond acceptors (Lipinski definition) is 5. The van der Waals surface area contributed by atoms with Gasteiger partial charge in [0.15, 0.2) is 0 Å². The number of nitro benzene ring substituents is 1. The van der Waals surface area contributed by atoms with Gasteiger partial charge in [0.05, 0.1) is 4.92 Å². The van der Waals surface area contributed by atoms with Gasteiger partial charge in [-0.3, -0.25) is 10.1 Å². The quantitative estimate of drug-likeness (QED) is 0.594. The van der Waals surface area contributed by atoms with Crippen LogP contribution < -0.4 is 10.6 Å². The average Bonchev–Trinajstić information content (AvgIpc) is 2.90. The van der Waals surface area contributed by atoms with Crippen LogP contribution in [0.1, 0.15) is 40.0 Å². The second-order valence-corrected chi connectivity index (χ2v) is 7.73. The third-order valence-corrected chi connectivity index (χ3v) is 4.30.